The fourth-order valence-corrected chi connectivity index (χ4v) is 2.58. The minimum atomic E-state index is -0.447. The fraction of sp³-hybridized carbons (Fsp3) is 0.0476. The average Bonchev–Trinajstić information content (AvgIpc) is 3.14. The highest BCUT2D eigenvalue weighted by atomic mass is 35.5. The van der Waals surface area contributed by atoms with Crippen molar-refractivity contribution in [2.24, 2.45) is 0 Å². The predicted molar refractivity (Wildman–Crippen MR) is 101 cm³/mol. The monoisotopic (exact) mass is 362 g/mol. The first-order valence-corrected chi connectivity index (χ1v) is 8.33. The Morgan fingerprint density at radius 3 is 2.65 bits per heavy atom. The maximum atomic E-state index is 12.2. The molecule has 0 bridgehead atoms. The van der Waals surface area contributed by atoms with Gasteiger partial charge in [0.1, 0.15) is 23.2 Å². The predicted octanol–water partition coefficient (Wildman–Crippen LogP) is 4.82. The summed E-state index contributed by atoms with van der Waals surface area (Å²) in [6.07, 6.45) is 1.42. The molecule has 3 aromatic rings. The normalized spacial score (nSPS) is 11.0. The van der Waals surface area contributed by atoms with Crippen molar-refractivity contribution in [3.63, 3.8) is 0 Å². The second kappa shape index (κ2) is 8.19. The molecule has 1 aromatic heterocycles. The lowest BCUT2D eigenvalue weighted by Crippen LogP contribution is -2.23. The first-order valence-electron chi connectivity index (χ1n) is 7.95. The number of amides is 1. The molecule has 0 aliphatic carbocycles. The van der Waals surface area contributed by atoms with Crippen LogP contribution in [0.15, 0.2) is 76.7 Å². The van der Waals surface area contributed by atoms with Crippen molar-refractivity contribution >= 4 is 23.6 Å². The van der Waals surface area contributed by atoms with E-state index in [2.05, 4.69) is 5.32 Å². The second-order valence-corrected chi connectivity index (χ2v) is 5.99. The van der Waals surface area contributed by atoms with Gasteiger partial charge >= 0.3 is 0 Å². The van der Waals surface area contributed by atoms with Crippen LogP contribution in [0.4, 0.5) is 0 Å². The van der Waals surface area contributed by atoms with Crippen molar-refractivity contribution in [3.05, 3.63) is 88.6 Å². The van der Waals surface area contributed by atoms with Crippen molar-refractivity contribution < 1.29 is 9.21 Å². The maximum Gasteiger partial charge on any atom is 0.262 e. The standard InChI is InChI=1S/C21H15ClN2O2/c22-18-8-4-7-16(11-18)20-10-9-19(26-20)12-17(13-23)21(25)24-14-15-5-2-1-3-6-15/h1-12H,14H2,(H,24,25). The van der Waals surface area contributed by atoms with Gasteiger partial charge in [0.15, 0.2) is 0 Å². The topological polar surface area (TPSA) is 66.0 Å². The summed E-state index contributed by atoms with van der Waals surface area (Å²) in [6, 6.07) is 22.1. The van der Waals surface area contributed by atoms with Crippen LogP contribution in [0.3, 0.4) is 0 Å². The van der Waals surface area contributed by atoms with Crippen LogP contribution in [0.5, 0.6) is 0 Å². The summed E-state index contributed by atoms with van der Waals surface area (Å²) in [5.74, 6) is 0.587. The van der Waals surface area contributed by atoms with Crippen LogP contribution in [0.1, 0.15) is 11.3 Å². The number of nitriles is 1. The van der Waals surface area contributed by atoms with Gasteiger partial charge in [0, 0.05) is 23.2 Å². The van der Waals surface area contributed by atoms with E-state index in [9.17, 15) is 10.1 Å². The van der Waals surface area contributed by atoms with Gasteiger partial charge in [-0.15, -0.1) is 0 Å². The number of nitrogens with zero attached hydrogens (tertiary/aromatic N) is 1. The van der Waals surface area contributed by atoms with E-state index in [1.807, 2.05) is 48.5 Å². The van der Waals surface area contributed by atoms with Crippen molar-refractivity contribution in [1.82, 2.24) is 5.32 Å². The highest BCUT2D eigenvalue weighted by Crippen LogP contribution is 2.25. The van der Waals surface area contributed by atoms with E-state index in [4.69, 9.17) is 16.0 Å². The lowest BCUT2D eigenvalue weighted by Gasteiger charge is -2.03. The minimum Gasteiger partial charge on any atom is -0.457 e. The Morgan fingerprint density at radius 1 is 1.12 bits per heavy atom. The second-order valence-electron chi connectivity index (χ2n) is 5.55. The zero-order valence-electron chi connectivity index (χ0n) is 13.8. The smallest absolute Gasteiger partial charge is 0.262 e. The number of hydrogen-bond acceptors (Lipinski definition) is 3. The van der Waals surface area contributed by atoms with Gasteiger partial charge in [-0.3, -0.25) is 4.79 Å². The number of furan rings is 1. The van der Waals surface area contributed by atoms with Gasteiger partial charge in [0.2, 0.25) is 0 Å². The third-order valence-corrected chi connectivity index (χ3v) is 3.92. The third-order valence-electron chi connectivity index (χ3n) is 3.68. The summed E-state index contributed by atoms with van der Waals surface area (Å²) in [7, 11) is 0. The van der Waals surface area contributed by atoms with Crippen molar-refractivity contribution in [2.75, 3.05) is 0 Å². The van der Waals surface area contributed by atoms with E-state index in [-0.39, 0.29) is 5.57 Å². The van der Waals surface area contributed by atoms with Crippen LogP contribution in [0.25, 0.3) is 17.4 Å². The van der Waals surface area contributed by atoms with E-state index in [0.717, 1.165) is 11.1 Å². The molecule has 26 heavy (non-hydrogen) atoms. The molecule has 1 amide bonds. The number of carbonyl (C=O) groups is 1. The molecule has 5 heteroatoms. The molecule has 128 valence electrons. The summed E-state index contributed by atoms with van der Waals surface area (Å²) >= 11 is 5.99. The molecule has 2 aromatic carbocycles. The van der Waals surface area contributed by atoms with E-state index in [0.29, 0.717) is 23.1 Å². The van der Waals surface area contributed by atoms with Crippen LogP contribution >= 0.6 is 11.6 Å². The van der Waals surface area contributed by atoms with Gasteiger partial charge in [-0.1, -0.05) is 54.1 Å². The van der Waals surface area contributed by atoms with Crippen molar-refractivity contribution in [2.45, 2.75) is 6.54 Å². The molecule has 3 rings (SSSR count). The fourth-order valence-electron chi connectivity index (χ4n) is 2.39. The first kappa shape index (κ1) is 17.5. The molecule has 0 atom stereocenters. The first-order chi connectivity index (χ1) is 12.7. The summed E-state index contributed by atoms with van der Waals surface area (Å²) in [6.45, 7) is 0.352. The van der Waals surface area contributed by atoms with Crippen molar-refractivity contribution in [1.29, 1.82) is 5.26 Å². The molecule has 0 spiro atoms. The van der Waals surface area contributed by atoms with Crippen molar-refractivity contribution in [3.8, 4) is 17.4 Å². The third kappa shape index (κ3) is 4.41. The highest BCUT2D eigenvalue weighted by Gasteiger charge is 2.11. The zero-order chi connectivity index (χ0) is 18.4. The molecule has 0 unspecified atom stereocenters. The summed E-state index contributed by atoms with van der Waals surface area (Å²) in [4.78, 5) is 12.2. The van der Waals surface area contributed by atoms with Crippen LogP contribution in [-0.4, -0.2) is 5.91 Å². The van der Waals surface area contributed by atoms with Gasteiger partial charge in [-0.05, 0) is 29.8 Å². The Bertz CT molecular complexity index is 985. The number of carbonyl (C=O) groups excluding carboxylic acids is 1. The maximum absolute atomic E-state index is 12.2. The van der Waals surface area contributed by atoms with Gasteiger partial charge in [0.05, 0.1) is 0 Å². The Labute approximate surface area is 156 Å². The van der Waals surface area contributed by atoms with Gasteiger partial charge < -0.3 is 9.73 Å². The Kier molecular flexibility index (Phi) is 5.52. The van der Waals surface area contributed by atoms with Crippen LogP contribution in [0.2, 0.25) is 5.02 Å². The SMILES string of the molecule is N#CC(=Cc1ccc(-c2cccc(Cl)c2)o1)C(=O)NCc1ccccc1. The highest BCUT2D eigenvalue weighted by molar-refractivity contribution is 6.30. The Balaban J connectivity index is 1.73. The van der Waals surface area contributed by atoms with E-state index < -0.39 is 5.91 Å². The molecule has 0 aliphatic rings. The van der Waals surface area contributed by atoms with Crippen LogP contribution < -0.4 is 5.32 Å². The van der Waals surface area contributed by atoms with E-state index in [1.165, 1.54) is 6.08 Å². The van der Waals surface area contributed by atoms with Gasteiger partial charge in [-0.25, -0.2) is 0 Å². The molecule has 1 N–H and O–H groups in total. The zero-order valence-corrected chi connectivity index (χ0v) is 14.5. The molecule has 1 heterocycles. The van der Waals surface area contributed by atoms with Crippen LogP contribution in [0, 0.1) is 11.3 Å². The van der Waals surface area contributed by atoms with E-state index >= 15 is 0 Å². The van der Waals surface area contributed by atoms with Gasteiger partial charge in [-0.2, -0.15) is 5.26 Å². The van der Waals surface area contributed by atoms with E-state index in [1.54, 1.807) is 24.3 Å². The summed E-state index contributed by atoms with van der Waals surface area (Å²) < 4.78 is 5.70. The molecule has 0 radical (unpaired) electrons. The number of halogens is 1. The molecule has 4 nitrogen and oxygen atoms in total. The van der Waals surface area contributed by atoms with Crippen LogP contribution in [-0.2, 0) is 11.3 Å². The Morgan fingerprint density at radius 2 is 1.92 bits per heavy atom. The molecule has 0 fully saturated rings. The molecular weight excluding hydrogens is 348 g/mol. The largest absolute Gasteiger partial charge is 0.457 e. The number of rotatable bonds is 5. The lowest BCUT2D eigenvalue weighted by molar-refractivity contribution is -0.117. The number of hydrogen-bond donors (Lipinski definition) is 1. The minimum absolute atomic E-state index is 0.0204. The molecular formula is C21H15ClN2O2. The number of nitrogens with one attached hydrogen (secondary N) is 1. The number of benzene rings is 2. The summed E-state index contributed by atoms with van der Waals surface area (Å²) in [5, 5.41) is 12.6. The summed E-state index contributed by atoms with van der Waals surface area (Å²) in [5.41, 5.74) is 1.76. The average molecular weight is 363 g/mol. The quantitative estimate of drug-likeness (QED) is 0.522. The molecule has 0 saturated heterocycles. The molecule has 0 aliphatic heterocycles. The van der Waals surface area contributed by atoms with Gasteiger partial charge in [0.25, 0.3) is 5.91 Å². The molecule has 0 saturated carbocycles. The lowest BCUT2D eigenvalue weighted by atomic mass is 10.2. The Hall–Kier alpha value is -3.29.